The molecule has 0 spiro atoms. The average molecular weight is 431 g/mol. The molecule has 9 heteroatoms. The van der Waals surface area contributed by atoms with Crippen molar-refractivity contribution in [1.82, 2.24) is 19.4 Å². The number of carbonyl (C=O) groups is 1. The fourth-order valence-electron chi connectivity index (χ4n) is 3.76. The first-order valence-corrected chi connectivity index (χ1v) is 11.1. The molecule has 1 aliphatic heterocycles. The van der Waals surface area contributed by atoms with Crippen LogP contribution in [0.15, 0.2) is 17.1 Å². The Balaban J connectivity index is 1.72. The molecular formula is C22H34N6O3. The minimum absolute atomic E-state index is 0.119. The van der Waals surface area contributed by atoms with Crippen LogP contribution in [0.4, 0.5) is 16.6 Å². The number of hydrogen-bond acceptors (Lipinski definition) is 7. The highest BCUT2D eigenvalue weighted by Gasteiger charge is 2.27. The molecule has 0 saturated carbocycles. The Morgan fingerprint density at radius 3 is 2.65 bits per heavy atom. The van der Waals surface area contributed by atoms with Gasteiger partial charge in [-0.15, -0.1) is 0 Å². The number of nitrogens with two attached hydrogens (primary N) is 1. The molecule has 0 aliphatic carbocycles. The Labute approximate surface area is 183 Å². The first kappa shape index (κ1) is 22.8. The molecule has 0 unspecified atom stereocenters. The van der Waals surface area contributed by atoms with Gasteiger partial charge in [0.1, 0.15) is 16.8 Å². The molecule has 3 heterocycles. The van der Waals surface area contributed by atoms with Gasteiger partial charge < -0.3 is 25.3 Å². The van der Waals surface area contributed by atoms with E-state index in [-0.39, 0.29) is 17.6 Å². The lowest BCUT2D eigenvalue weighted by Gasteiger charge is -2.33. The third kappa shape index (κ3) is 5.86. The number of amides is 1. The topological polar surface area (TPSA) is 115 Å². The van der Waals surface area contributed by atoms with Crippen LogP contribution in [-0.4, -0.2) is 50.8 Å². The number of ether oxygens (including phenoxy) is 1. The van der Waals surface area contributed by atoms with Crippen LogP contribution in [-0.2, 0) is 11.3 Å². The summed E-state index contributed by atoms with van der Waals surface area (Å²) in [5, 5.41) is 3.71. The number of nitrogens with one attached hydrogen (secondary N) is 1. The largest absolute Gasteiger partial charge is 0.444 e. The van der Waals surface area contributed by atoms with Gasteiger partial charge in [-0.3, -0.25) is 4.79 Å². The molecule has 3 rings (SSSR count). The summed E-state index contributed by atoms with van der Waals surface area (Å²) in [6.45, 7) is 10.3. The number of fused-ring (bicyclic) bond motifs is 1. The van der Waals surface area contributed by atoms with Crippen LogP contribution in [0.2, 0.25) is 0 Å². The molecule has 9 nitrogen and oxygen atoms in total. The molecule has 2 aromatic heterocycles. The van der Waals surface area contributed by atoms with E-state index in [2.05, 4.69) is 22.2 Å². The molecule has 1 fully saturated rings. The number of carbonyl (C=O) groups excluding carboxylic acids is 1. The van der Waals surface area contributed by atoms with E-state index >= 15 is 0 Å². The number of pyridine rings is 1. The SMILES string of the molecule is CCCCNc1nc(N)nc2ccn(CC3CCN(C(=O)OC(C)(C)C)CC3)c(=O)c12. The van der Waals surface area contributed by atoms with Gasteiger partial charge in [0.25, 0.3) is 5.56 Å². The lowest BCUT2D eigenvalue weighted by atomic mass is 9.97. The quantitative estimate of drug-likeness (QED) is 0.676. The standard InChI is InChI=1S/C22H34N6O3/c1-5-6-10-24-18-17-16(25-20(23)26-18)9-13-28(19(17)29)14-15-7-11-27(12-8-15)21(30)31-22(2,3)4/h9,13,15H,5-8,10-12,14H2,1-4H3,(H3,23,24,25,26). The summed E-state index contributed by atoms with van der Waals surface area (Å²) < 4.78 is 7.18. The number of likely N-dealkylation sites (tertiary alicyclic amines) is 1. The lowest BCUT2D eigenvalue weighted by molar-refractivity contribution is 0.0178. The van der Waals surface area contributed by atoms with Gasteiger partial charge in [0, 0.05) is 32.4 Å². The Morgan fingerprint density at radius 1 is 1.29 bits per heavy atom. The third-order valence-corrected chi connectivity index (χ3v) is 5.39. The maximum Gasteiger partial charge on any atom is 0.410 e. The van der Waals surface area contributed by atoms with Gasteiger partial charge >= 0.3 is 6.09 Å². The number of nitrogen functional groups attached to an aromatic ring is 1. The zero-order valence-electron chi connectivity index (χ0n) is 19.0. The summed E-state index contributed by atoms with van der Waals surface area (Å²) in [6.07, 6.45) is 5.16. The van der Waals surface area contributed by atoms with Crippen LogP contribution in [0.5, 0.6) is 0 Å². The molecule has 170 valence electrons. The van der Waals surface area contributed by atoms with Gasteiger partial charge in [0.2, 0.25) is 5.95 Å². The fraction of sp³-hybridized carbons (Fsp3) is 0.636. The van der Waals surface area contributed by atoms with E-state index in [0.717, 1.165) is 32.2 Å². The second kappa shape index (κ2) is 9.53. The van der Waals surface area contributed by atoms with Gasteiger partial charge in [-0.05, 0) is 52.0 Å². The highest BCUT2D eigenvalue weighted by molar-refractivity contribution is 5.89. The van der Waals surface area contributed by atoms with Crippen LogP contribution in [0, 0.1) is 5.92 Å². The summed E-state index contributed by atoms with van der Waals surface area (Å²) in [5.41, 5.74) is 5.76. The number of hydrogen-bond donors (Lipinski definition) is 2. The van der Waals surface area contributed by atoms with Crippen molar-refractivity contribution in [1.29, 1.82) is 0 Å². The van der Waals surface area contributed by atoms with Gasteiger partial charge in [-0.2, -0.15) is 4.98 Å². The first-order chi connectivity index (χ1) is 14.7. The molecule has 2 aromatic rings. The maximum atomic E-state index is 13.2. The van der Waals surface area contributed by atoms with Gasteiger partial charge in [0.15, 0.2) is 0 Å². The second-order valence-corrected chi connectivity index (χ2v) is 9.16. The minimum Gasteiger partial charge on any atom is -0.444 e. The van der Waals surface area contributed by atoms with Crippen LogP contribution < -0.4 is 16.6 Å². The van der Waals surface area contributed by atoms with E-state index in [1.165, 1.54) is 0 Å². The Hall–Kier alpha value is -2.84. The summed E-state index contributed by atoms with van der Waals surface area (Å²) in [7, 11) is 0. The minimum atomic E-state index is -0.499. The first-order valence-electron chi connectivity index (χ1n) is 11.1. The van der Waals surface area contributed by atoms with Crippen molar-refractivity contribution >= 4 is 28.8 Å². The van der Waals surface area contributed by atoms with Crippen molar-refractivity contribution in [2.45, 2.75) is 65.5 Å². The van der Waals surface area contributed by atoms with Crippen molar-refractivity contribution in [2.24, 2.45) is 5.92 Å². The molecule has 1 amide bonds. The number of nitrogens with zero attached hydrogens (tertiary/aromatic N) is 4. The molecular weight excluding hydrogens is 396 g/mol. The van der Waals surface area contributed by atoms with Gasteiger partial charge in [-0.25, -0.2) is 9.78 Å². The van der Waals surface area contributed by atoms with Gasteiger partial charge in [0.05, 0.1) is 5.52 Å². The predicted octanol–water partition coefficient (Wildman–Crippen LogP) is 3.23. The smallest absolute Gasteiger partial charge is 0.410 e. The Morgan fingerprint density at radius 2 is 2.00 bits per heavy atom. The zero-order valence-corrected chi connectivity index (χ0v) is 19.0. The predicted molar refractivity (Wildman–Crippen MR) is 122 cm³/mol. The maximum absolute atomic E-state index is 13.2. The van der Waals surface area contributed by atoms with Crippen molar-refractivity contribution in [2.75, 3.05) is 30.7 Å². The lowest BCUT2D eigenvalue weighted by Crippen LogP contribution is -2.42. The molecule has 0 bridgehead atoms. The summed E-state index contributed by atoms with van der Waals surface area (Å²) in [6, 6.07) is 1.82. The van der Waals surface area contributed by atoms with Crippen LogP contribution in [0.3, 0.4) is 0 Å². The Kier molecular flexibility index (Phi) is 7.02. The van der Waals surface area contributed by atoms with Crippen molar-refractivity contribution in [3.63, 3.8) is 0 Å². The zero-order chi connectivity index (χ0) is 22.6. The van der Waals surface area contributed by atoms with E-state index in [9.17, 15) is 9.59 Å². The van der Waals surface area contributed by atoms with Crippen molar-refractivity contribution in [3.8, 4) is 0 Å². The Bertz CT molecular complexity index is 974. The molecule has 1 aliphatic rings. The van der Waals surface area contributed by atoms with E-state index in [1.807, 2.05) is 26.8 Å². The molecule has 1 saturated heterocycles. The molecule has 0 radical (unpaired) electrons. The molecule has 0 atom stereocenters. The number of anilines is 2. The van der Waals surface area contributed by atoms with Crippen LogP contribution >= 0.6 is 0 Å². The van der Waals surface area contributed by atoms with E-state index < -0.39 is 5.60 Å². The number of aromatic nitrogens is 3. The normalized spacial score (nSPS) is 15.3. The molecule has 3 N–H and O–H groups in total. The molecule has 0 aromatic carbocycles. The highest BCUT2D eigenvalue weighted by Crippen LogP contribution is 2.22. The van der Waals surface area contributed by atoms with Crippen LogP contribution in [0.1, 0.15) is 53.4 Å². The number of rotatable bonds is 6. The van der Waals surface area contributed by atoms with E-state index in [1.54, 1.807) is 15.7 Å². The van der Waals surface area contributed by atoms with Crippen LogP contribution in [0.25, 0.3) is 10.9 Å². The summed E-state index contributed by atoms with van der Waals surface area (Å²) >= 11 is 0. The van der Waals surface area contributed by atoms with E-state index in [4.69, 9.17) is 10.5 Å². The summed E-state index contributed by atoms with van der Waals surface area (Å²) in [4.78, 5) is 35.7. The summed E-state index contributed by atoms with van der Waals surface area (Å²) in [5.74, 6) is 0.952. The monoisotopic (exact) mass is 430 g/mol. The van der Waals surface area contributed by atoms with Crippen molar-refractivity contribution in [3.05, 3.63) is 22.6 Å². The second-order valence-electron chi connectivity index (χ2n) is 9.16. The van der Waals surface area contributed by atoms with E-state index in [0.29, 0.717) is 42.3 Å². The molecule has 31 heavy (non-hydrogen) atoms. The number of unbranched alkanes of at least 4 members (excludes halogenated alkanes) is 1. The number of piperidine rings is 1. The highest BCUT2D eigenvalue weighted by atomic mass is 16.6. The van der Waals surface area contributed by atoms with Crippen molar-refractivity contribution < 1.29 is 9.53 Å². The van der Waals surface area contributed by atoms with Gasteiger partial charge in [-0.1, -0.05) is 13.3 Å². The fourth-order valence-corrected chi connectivity index (χ4v) is 3.76. The third-order valence-electron chi connectivity index (χ3n) is 5.39. The average Bonchev–Trinajstić information content (AvgIpc) is 2.69.